The maximum absolute atomic E-state index is 12.2. The molecule has 1 aliphatic rings. The molecule has 1 aliphatic heterocycles. The van der Waals surface area contributed by atoms with Gasteiger partial charge in [0.2, 0.25) is 0 Å². The highest BCUT2D eigenvalue weighted by Gasteiger charge is 2.32. The highest BCUT2D eigenvalue weighted by molar-refractivity contribution is 9.10. The van der Waals surface area contributed by atoms with Gasteiger partial charge in [-0.2, -0.15) is 0 Å². The SMILES string of the molecule is CNC1CCN(Cc2ccc(OC(F)(F)F)c(Br)c2)CC1.Cl. The summed E-state index contributed by atoms with van der Waals surface area (Å²) in [5.41, 5.74) is 0.972. The van der Waals surface area contributed by atoms with E-state index in [1.807, 2.05) is 7.05 Å². The zero-order valence-corrected chi connectivity index (χ0v) is 14.5. The third-order valence-electron chi connectivity index (χ3n) is 3.62. The van der Waals surface area contributed by atoms with E-state index >= 15 is 0 Å². The Morgan fingerprint density at radius 3 is 2.45 bits per heavy atom. The van der Waals surface area contributed by atoms with Crippen LogP contribution in [0.3, 0.4) is 0 Å². The number of ether oxygens (including phenoxy) is 1. The maximum atomic E-state index is 12.2. The van der Waals surface area contributed by atoms with Crippen molar-refractivity contribution >= 4 is 28.3 Å². The molecule has 0 radical (unpaired) electrons. The fraction of sp³-hybridized carbons (Fsp3) is 0.571. The summed E-state index contributed by atoms with van der Waals surface area (Å²) in [6.07, 6.45) is -2.49. The summed E-state index contributed by atoms with van der Waals surface area (Å²) in [5.74, 6) is -0.208. The predicted octanol–water partition coefficient (Wildman–Crippen LogP) is 3.95. The molecule has 126 valence electrons. The highest BCUT2D eigenvalue weighted by Crippen LogP contribution is 2.31. The summed E-state index contributed by atoms with van der Waals surface area (Å²) < 4.78 is 40.9. The summed E-state index contributed by atoms with van der Waals surface area (Å²) in [4.78, 5) is 2.31. The second kappa shape index (κ2) is 8.38. The number of likely N-dealkylation sites (tertiary alicyclic amines) is 1. The third kappa shape index (κ3) is 5.95. The minimum Gasteiger partial charge on any atom is -0.405 e. The van der Waals surface area contributed by atoms with Crippen LogP contribution in [0, 0.1) is 0 Å². The average molecular weight is 404 g/mol. The maximum Gasteiger partial charge on any atom is 0.573 e. The van der Waals surface area contributed by atoms with Crippen molar-refractivity contribution in [1.82, 2.24) is 10.2 Å². The molecule has 0 bridgehead atoms. The first kappa shape index (κ1) is 19.5. The van der Waals surface area contributed by atoms with Crippen molar-refractivity contribution in [3.05, 3.63) is 28.2 Å². The van der Waals surface area contributed by atoms with E-state index in [1.165, 1.54) is 6.07 Å². The average Bonchev–Trinajstić information content (AvgIpc) is 2.41. The Morgan fingerprint density at radius 1 is 1.32 bits per heavy atom. The number of halogens is 5. The Hall–Kier alpha value is -0.500. The van der Waals surface area contributed by atoms with Gasteiger partial charge in [-0.15, -0.1) is 25.6 Å². The third-order valence-corrected chi connectivity index (χ3v) is 4.24. The molecule has 2 rings (SSSR count). The van der Waals surface area contributed by atoms with Crippen molar-refractivity contribution in [2.45, 2.75) is 31.8 Å². The number of nitrogens with zero attached hydrogens (tertiary/aromatic N) is 1. The van der Waals surface area contributed by atoms with Crippen LogP contribution in [-0.2, 0) is 6.54 Å². The van der Waals surface area contributed by atoms with Crippen LogP contribution < -0.4 is 10.1 Å². The van der Waals surface area contributed by atoms with Crippen molar-refractivity contribution in [1.29, 1.82) is 0 Å². The standard InChI is InChI=1S/C14H18BrF3N2O.ClH/c1-19-11-4-6-20(7-5-11)9-10-2-3-13(12(15)8-10)21-14(16,17)18;/h2-3,8,11,19H,4-7,9H2,1H3;1H. The number of nitrogens with one attached hydrogen (secondary N) is 1. The zero-order valence-electron chi connectivity index (χ0n) is 12.1. The van der Waals surface area contributed by atoms with Crippen molar-refractivity contribution in [3.8, 4) is 5.75 Å². The van der Waals surface area contributed by atoms with E-state index in [-0.39, 0.29) is 18.2 Å². The van der Waals surface area contributed by atoms with Gasteiger partial charge in [0.25, 0.3) is 0 Å². The van der Waals surface area contributed by atoms with E-state index in [4.69, 9.17) is 0 Å². The van der Waals surface area contributed by atoms with Gasteiger partial charge in [-0.3, -0.25) is 4.90 Å². The van der Waals surface area contributed by atoms with Crippen molar-refractivity contribution in [2.75, 3.05) is 20.1 Å². The topological polar surface area (TPSA) is 24.5 Å². The molecule has 0 aliphatic carbocycles. The molecule has 0 saturated carbocycles. The van der Waals surface area contributed by atoms with E-state index in [0.717, 1.165) is 38.0 Å². The summed E-state index contributed by atoms with van der Waals surface area (Å²) in [6, 6.07) is 5.28. The zero-order chi connectivity index (χ0) is 15.5. The second-order valence-corrected chi connectivity index (χ2v) is 6.01. The van der Waals surface area contributed by atoms with Crippen LogP contribution in [0.1, 0.15) is 18.4 Å². The molecule has 0 atom stereocenters. The van der Waals surface area contributed by atoms with Gasteiger partial charge in [0.1, 0.15) is 5.75 Å². The van der Waals surface area contributed by atoms with Crippen LogP contribution in [0.2, 0.25) is 0 Å². The first-order valence-electron chi connectivity index (χ1n) is 6.81. The van der Waals surface area contributed by atoms with Gasteiger partial charge in [-0.25, -0.2) is 0 Å². The Balaban J connectivity index is 0.00000242. The molecule has 0 amide bonds. The van der Waals surface area contributed by atoms with Crippen LogP contribution >= 0.6 is 28.3 Å². The number of rotatable bonds is 4. The molecule has 3 nitrogen and oxygen atoms in total. The van der Waals surface area contributed by atoms with Crippen LogP contribution in [-0.4, -0.2) is 37.4 Å². The van der Waals surface area contributed by atoms with Gasteiger partial charge >= 0.3 is 6.36 Å². The summed E-state index contributed by atoms with van der Waals surface area (Å²) in [7, 11) is 1.97. The monoisotopic (exact) mass is 402 g/mol. The molecule has 22 heavy (non-hydrogen) atoms. The Labute approximate surface area is 142 Å². The first-order chi connectivity index (χ1) is 9.87. The smallest absolute Gasteiger partial charge is 0.405 e. The summed E-state index contributed by atoms with van der Waals surface area (Å²) in [5, 5.41) is 3.27. The van der Waals surface area contributed by atoms with Gasteiger partial charge in [0.15, 0.2) is 0 Å². The van der Waals surface area contributed by atoms with Gasteiger partial charge < -0.3 is 10.1 Å². The van der Waals surface area contributed by atoms with Crippen LogP contribution in [0.15, 0.2) is 22.7 Å². The normalized spacial score (nSPS) is 17.1. The number of piperidine rings is 1. The van der Waals surface area contributed by atoms with E-state index in [0.29, 0.717) is 10.5 Å². The van der Waals surface area contributed by atoms with Gasteiger partial charge in [-0.1, -0.05) is 6.07 Å². The van der Waals surface area contributed by atoms with Gasteiger partial charge in [-0.05, 0) is 66.6 Å². The lowest BCUT2D eigenvalue weighted by Crippen LogP contribution is -2.40. The molecule has 1 heterocycles. The lowest BCUT2D eigenvalue weighted by atomic mass is 10.0. The van der Waals surface area contributed by atoms with E-state index < -0.39 is 6.36 Å². The van der Waals surface area contributed by atoms with Crippen LogP contribution in [0.5, 0.6) is 5.75 Å². The highest BCUT2D eigenvalue weighted by atomic mass is 79.9. The molecule has 1 aromatic carbocycles. The van der Waals surface area contributed by atoms with E-state index in [2.05, 4.69) is 30.9 Å². The Bertz CT molecular complexity index is 480. The van der Waals surface area contributed by atoms with E-state index in [1.54, 1.807) is 12.1 Å². The molecular weight excluding hydrogens is 385 g/mol. The van der Waals surface area contributed by atoms with Gasteiger partial charge in [0.05, 0.1) is 4.47 Å². The van der Waals surface area contributed by atoms with Crippen molar-refractivity contribution in [2.24, 2.45) is 0 Å². The molecular formula is C14H19BrClF3N2O. The van der Waals surface area contributed by atoms with Gasteiger partial charge in [0, 0.05) is 12.6 Å². The first-order valence-corrected chi connectivity index (χ1v) is 7.60. The fourth-order valence-electron chi connectivity index (χ4n) is 2.49. The summed E-state index contributed by atoms with van der Waals surface area (Å²) in [6.45, 7) is 2.72. The Morgan fingerprint density at radius 2 is 1.95 bits per heavy atom. The molecule has 0 unspecified atom stereocenters. The minimum atomic E-state index is -4.67. The van der Waals surface area contributed by atoms with Crippen LogP contribution in [0.4, 0.5) is 13.2 Å². The predicted molar refractivity (Wildman–Crippen MR) is 85.4 cm³/mol. The molecule has 0 aromatic heterocycles. The quantitative estimate of drug-likeness (QED) is 0.824. The molecule has 1 saturated heterocycles. The lowest BCUT2D eigenvalue weighted by molar-refractivity contribution is -0.274. The number of hydrogen-bond donors (Lipinski definition) is 1. The minimum absolute atomic E-state index is 0. The Kier molecular flexibility index (Phi) is 7.45. The fourth-order valence-corrected chi connectivity index (χ4v) is 3.00. The molecule has 0 spiro atoms. The summed E-state index contributed by atoms with van der Waals surface area (Å²) >= 11 is 3.13. The number of hydrogen-bond acceptors (Lipinski definition) is 3. The van der Waals surface area contributed by atoms with Crippen molar-refractivity contribution in [3.63, 3.8) is 0 Å². The molecule has 8 heteroatoms. The van der Waals surface area contributed by atoms with E-state index in [9.17, 15) is 13.2 Å². The molecule has 1 aromatic rings. The molecule has 1 fully saturated rings. The molecule has 1 N–H and O–H groups in total. The lowest BCUT2D eigenvalue weighted by Gasteiger charge is -2.31. The second-order valence-electron chi connectivity index (χ2n) is 5.15. The largest absolute Gasteiger partial charge is 0.573 e. The van der Waals surface area contributed by atoms with Crippen molar-refractivity contribution < 1.29 is 17.9 Å². The van der Waals surface area contributed by atoms with Crippen LogP contribution in [0.25, 0.3) is 0 Å². The number of alkyl halides is 3. The number of benzene rings is 1.